The van der Waals surface area contributed by atoms with Gasteiger partial charge in [0.1, 0.15) is 12.4 Å². The zero-order valence-electron chi connectivity index (χ0n) is 11.6. The van der Waals surface area contributed by atoms with Gasteiger partial charge in [0.15, 0.2) is 0 Å². The van der Waals surface area contributed by atoms with Crippen molar-refractivity contribution < 1.29 is 19.0 Å². The highest BCUT2D eigenvalue weighted by atomic mass is 19.1. The summed E-state index contributed by atoms with van der Waals surface area (Å²) >= 11 is 0. The summed E-state index contributed by atoms with van der Waals surface area (Å²) < 4.78 is 18.5. The molecule has 0 radical (unpaired) electrons. The van der Waals surface area contributed by atoms with E-state index in [9.17, 15) is 9.18 Å². The number of amides is 1. The average molecular weight is 279 g/mol. The van der Waals surface area contributed by atoms with Crippen molar-refractivity contribution in [2.24, 2.45) is 0 Å². The van der Waals surface area contributed by atoms with Crippen LogP contribution in [0.25, 0.3) is 0 Å². The Labute approximate surface area is 118 Å². The first kappa shape index (κ1) is 16.2. The summed E-state index contributed by atoms with van der Waals surface area (Å²) in [5.74, 6) is 4.28. The van der Waals surface area contributed by atoms with Crippen molar-refractivity contribution in [3.8, 4) is 11.8 Å². The number of likely N-dealkylation sites (N-methyl/N-ethyl adjacent to an activating group) is 1. The van der Waals surface area contributed by atoms with Crippen molar-refractivity contribution >= 4 is 5.91 Å². The number of hydrogen-bond donors (Lipinski definition) is 1. The smallest absolute Gasteiger partial charge is 0.255 e. The average Bonchev–Trinajstić information content (AvgIpc) is 2.45. The Hall–Kier alpha value is -1.90. The van der Waals surface area contributed by atoms with Crippen molar-refractivity contribution in [2.45, 2.75) is 6.92 Å². The SMILES string of the molecule is CCOCCN(C)C(=O)c1cc(F)ccc1C#CCO. The number of rotatable bonds is 5. The van der Waals surface area contributed by atoms with Gasteiger partial charge in [-0.1, -0.05) is 11.8 Å². The van der Waals surface area contributed by atoms with Gasteiger partial charge in [-0.15, -0.1) is 0 Å². The van der Waals surface area contributed by atoms with Crippen LogP contribution < -0.4 is 0 Å². The lowest BCUT2D eigenvalue weighted by molar-refractivity contribution is 0.0709. The molecule has 108 valence electrons. The predicted octanol–water partition coefficient (Wildman–Crippen LogP) is 1.28. The number of ether oxygens (including phenoxy) is 1. The summed E-state index contributed by atoms with van der Waals surface area (Å²) in [6.45, 7) is 2.97. The Balaban J connectivity index is 2.92. The molecule has 0 unspecified atom stereocenters. The monoisotopic (exact) mass is 279 g/mol. The lowest BCUT2D eigenvalue weighted by atomic mass is 10.1. The molecular weight excluding hydrogens is 261 g/mol. The van der Waals surface area contributed by atoms with Crippen LogP contribution in [0.15, 0.2) is 18.2 Å². The van der Waals surface area contributed by atoms with Gasteiger partial charge in [-0.2, -0.15) is 0 Å². The van der Waals surface area contributed by atoms with Gasteiger partial charge in [-0.3, -0.25) is 4.79 Å². The molecule has 5 heteroatoms. The molecule has 0 aromatic heterocycles. The van der Waals surface area contributed by atoms with Crippen LogP contribution in [-0.4, -0.2) is 49.3 Å². The van der Waals surface area contributed by atoms with E-state index in [4.69, 9.17) is 9.84 Å². The predicted molar refractivity (Wildman–Crippen MR) is 73.8 cm³/mol. The maximum Gasteiger partial charge on any atom is 0.255 e. The van der Waals surface area contributed by atoms with Crippen LogP contribution in [0.5, 0.6) is 0 Å². The molecule has 1 aromatic carbocycles. The van der Waals surface area contributed by atoms with Crippen LogP contribution in [0, 0.1) is 17.7 Å². The second-order valence-corrected chi connectivity index (χ2v) is 4.07. The molecule has 0 aliphatic rings. The van der Waals surface area contributed by atoms with Crippen LogP contribution >= 0.6 is 0 Å². The first-order valence-electron chi connectivity index (χ1n) is 6.32. The molecule has 1 N–H and O–H groups in total. The molecule has 4 nitrogen and oxygen atoms in total. The third-order valence-corrected chi connectivity index (χ3v) is 2.64. The van der Waals surface area contributed by atoms with E-state index in [0.717, 1.165) is 6.07 Å². The maximum absolute atomic E-state index is 13.3. The van der Waals surface area contributed by atoms with Gasteiger partial charge < -0.3 is 14.7 Å². The molecule has 0 aliphatic carbocycles. The maximum atomic E-state index is 13.3. The fraction of sp³-hybridized carbons (Fsp3) is 0.400. The van der Waals surface area contributed by atoms with Crippen LogP contribution in [0.2, 0.25) is 0 Å². The van der Waals surface area contributed by atoms with Crippen LogP contribution in [0.4, 0.5) is 4.39 Å². The van der Waals surface area contributed by atoms with E-state index in [0.29, 0.717) is 25.3 Å². The summed E-state index contributed by atoms with van der Waals surface area (Å²) in [4.78, 5) is 13.7. The summed E-state index contributed by atoms with van der Waals surface area (Å²) in [5.41, 5.74) is 0.582. The molecule has 0 atom stereocenters. The quantitative estimate of drug-likeness (QED) is 0.652. The Morgan fingerprint density at radius 1 is 1.50 bits per heavy atom. The summed E-state index contributed by atoms with van der Waals surface area (Å²) in [6, 6.07) is 3.82. The van der Waals surface area contributed by atoms with Gasteiger partial charge in [0.2, 0.25) is 0 Å². The Kier molecular flexibility index (Phi) is 6.71. The minimum atomic E-state index is -0.499. The number of hydrogen-bond acceptors (Lipinski definition) is 3. The molecular formula is C15H18FNO3. The largest absolute Gasteiger partial charge is 0.384 e. The summed E-state index contributed by atoms with van der Waals surface area (Å²) in [5, 5.41) is 8.70. The van der Waals surface area contributed by atoms with Crippen LogP contribution in [0.1, 0.15) is 22.8 Å². The van der Waals surface area contributed by atoms with Crippen molar-refractivity contribution in [3.05, 3.63) is 35.1 Å². The summed E-state index contributed by atoms with van der Waals surface area (Å²) in [7, 11) is 1.62. The normalized spacial score (nSPS) is 9.80. The standard InChI is InChI=1S/C15H18FNO3/c1-3-20-10-8-17(2)15(19)14-11-13(16)7-6-12(14)5-4-9-18/h6-7,11,18H,3,8-10H2,1-2H3. The Morgan fingerprint density at radius 2 is 2.25 bits per heavy atom. The molecule has 0 spiro atoms. The molecule has 0 saturated heterocycles. The number of carbonyl (C=O) groups is 1. The number of halogens is 1. The minimum Gasteiger partial charge on any atom is -0.384 e. The van der Waals surface area contributed by atoms with Gasteiger partial charge in [-0.25, -0.2) is 4.39 Å². The van der Waals surface area contributed by atoms with E-state index < -0.39 is 5.82 Å². The van der Waals surface area contributed by atoms with Gasteiger partial charge in [0.25, 0.3) is 5.91 Å². The lowest BCUT2D eigenvalue weighted by Crippen LogP contribution is -2.30. The molecule has 1 rings (SSSR count). The minimum absolute atomic E-state index is 0.185. The number of aliphatic hydroxyl groups excluding tert-OH is 1. The first-order valence-corrected chi connectivity index (χ1v) is 6.32. The Morgan fingerprint density at radius 3 is 2.90 bits per heavy atom. The van der Waals surface area contributed by atoms with E-state index in [1.54, 1.807) is 7.05 Å². The van der Waals surface area contributed by atoms with E-state index in [-0.39, 0.29) is 18.1 Å². The third-order valence-electron chi connectivity index (χ3n) is 2.64. The van der Waals surface area contributed by atoms with Gasteiger partial charge in [0, 0.05) is 25.8 Å². The van der Waals surface area contributed by atoms with Crippen molar-refractivity contribution in [2.75, 3.05) is 33.4 Å². The second kappa shape index (κ2) is 8.31. The zero-order chi connectivity index (χ0) is 15.0. The van der Waals surface area contributed by atoms with Crippen molar-refractivity contribution in [1.29, 1.82) is 0 Å². The fourth-order valence-electron chi connectivity index (χ4n) is 1.59. The van der Waals surface area contributed by atoms with E-state index in [1.807, 2.05) is 6.92 Å². The number of nitrogens with zero attached hydrogens (tertiary/aromatic N) is 1. The second-order valence-electron chi connectivity index (χ2n) is 4.07. The zero-order valence-corrected chi connectivity index (χ0v) is 11.6. The molecule has 20 heavy (non-hydrogen) atoms. The van der Waals surface area contributed by atoms with Crippen LogP contribution in [-0.2, 0) is 4.74 Å². The van der Waals surface area contributed by atoms with Gasteiger partial charge in [0.05, 0.1) is 12.2 Å². The molecule has 0 aliphatic heterocycles. The van der Waals surface area contributed by atoms with Crippen molar-refractivity contribution in [3.63, 3.8) is 0 Å². The number of aliphatic hydroxyl groups is 1. The van der Waals surface area contributed by atoms with Gasteiger partial charge in [-0.05, 0) is 25.1 Å². The van der Waals surface area contributed by atoms with E-state index >= 15 is 0 Å². The molecule has 1 aromatic rings. The lowest BCUT2D eigenvalue weighted by Gasteiger charge is -2.17. The van der Waals surface area contributed by atoms with Gasteiger partial charge >= 0.3 is 0 Å². The van der Waals surface area contributed by atoms with Crippen LogP contribution in [0.3, 0.4) is 0 Å². The number of benzene rings is 1. The molecule has 0 fully saturated rings. The highest BCUT2D eigenvalue weighted by Gasteiger charge is 2.15. The highest BCUT2D eigenvalue weighted by molar-refractivity contribution is 5.96. The number of carbonyl (C=O) groups excluding carboxylic acids is 1. The highest BCUT2D eigenvalue weighted by Crippen LogP contribution is 2.12. The topological polar surface area (TPSA) is 49.8 Å². The van der Waals surface area contributed by atoms with E-state index in [2.05, 4.69) is 11.8 Å². The first-order chi connectivity index (χ1) is 9.60. The molecule has 1 amide bonds. The summed E-state index contributed by atoms with van der Waals surface area (Å²) in [6.07, 6.45) is 0. The third kappa shape index (κ3) is 4.65. The molecule has 0 heterocycles. The molecule has 0 bridgehead atoms. The Bertz CT molecular complexity index is 520. The van der Waals surface area contributed by atoms with Crippen molar-refractivity contribution in [1.82, 2.24) is 4.90 Å². The van der Waals surface area contributed by atoms with E-state index in [1.165, 1.54) is 17.0 Å². The fourth-order valence-corrected chi connectivity index (χ4v) is 1.59. The molecule has 0 saturated carbocycles.